The molecule has 0 amide bonds. The Labute approximate surface area is 97.7 Å². The molecule has 0 aliphatic carbocycles. The van der Waals surface area contributed by atoms with E-state index in [0.717, 1.165) is 18.1 Å². The lowest BCUT2D eigenvalue weighted by Gasteiger charge is -2.13. The molecule has 0 radical (unpaired) electrons. The van der Waals surface area contributed by atoms with Crippen molar-refractivity contribution in [3.05, 3.63) is 11.8 Å². The van der Waals surface area contributed by atoms with Crippen molar-refractivity contribution in [3.8, 4) is 0 Å². The predicted octanol–water partition coefficient (Wildman–Crippen LogP) is 2.03. The van der Waals surface area contributed by atoms with Crippen molar-refractivity contribution in [2.24, 2.45) is 5.92 Å². The van der Waals surface area contributed by atoms with Gasteiger partial charge in [0.25, 0.3) is 0 Å². The minimum Gasteiger partial charge on any atom is -0.394 e. The minimum atomic E-state index is 0.125. The topological polar surface area (TPSA) is 50.1 Å². The van der Waals surface area contributed by atoms with Crippen LogP contribution in [0.4, 0.5) is 5.82 Å². The molecule has 0 aliphatic heterocycles. The molecule has 0 spiro atoms. The lowest BCUT2D eigenvalue weighted by molar-refractivity contribution is 0.270. The number of aliphatic hydroxyl groups is 1. The number of hydrogen-bond acceptors (Lipinski definition) is 3. The number of nitrogens with one attached hydrogen (secondary N) is 1. The van der Waals surface area contributed by atoms with E-state index in [9.17, 15) is 0 Å². The average molecular weight is 225 g/mol. The van der Waals surface area contributed by atoms with Crippen LogP contribution in [0.15, 0.2) is 6.07 Å². The Bertz CT molecular complexity index is 309. The molecule has 0 saturated carbocycles. The van der Waals surface area contributed by atoms with Crippen molar-refractivity contribution in [1.29, 1.82) is 0 Å². The minimum absolute atomic E-state index is 0.125. The molecule has 16 heavy (non-hydrogen) atoms. The Balaban J connectivity index is 2.51. The third-order valence-corrected chi connectivity index (χ3v) is 2.63. The maximum atomic E-state index is 8.93. The fourth-order valence-corrected chi connectivity index (χ4v) is 1.83. The van der Waals surface area contributed by atoms with Gasteiger partial charge < -0.3 is 10.4 Å². The first-order valence-corrected chi connectivity index (χ1v) is 6.06. The zero-order chi connectivity index (χ0) is 12.0. The first kappa shape index (κ1) is 13.0. The average Bonchev–Trinajstić information content (AvgIpc) is 2.57. The molecule has 1 rings (SSSR count). The second-order valence-corrected chi connectivity index (χ2v) is 4.39. The van der Waals surface area contributed by atoms with Crippen molar-refractivity contribution in [2.45, 2.75) is 40.2 Å². The van der Waals surface area contributed by atoms with Crippen LogP contribution in [0.5, 0.6) is 0 Å². The van der Waals surface area contributed by atoms with Gasteiger partial charge >= 0.3 is 0 Å². The fourth-order valence-electron chi connectivity index (χ4n) is 1.83. The van der Waals surface area contributed by atoms with Crippen LogP contribution in [0.3, 0.4) is 0 Å². The van der Waals surface area contributed by atoms with E-state index >= 15 is 0 Å². The summed E-state index contributed by atoms with van der Waals surface area (Å²) in [6.07, 6.45) is 2.46. The molecule has 1 aromatic rings. The number of aliphatic hydroxyl groups excluding tert-OH is 1. The van der Waals surface area contributed by atoms with E-state index < -0.39 is 0 Å². The van der Waals surface area contributed by atoms with Crippen LogP contribution in [0.2, 0.25) is 0 Å². The Morgan fingerprint density at radius 3 is 2.94 bits per heavy atom. The largest absolute Gasteiger partial charge is 0.394 e. The number of hydrogen-bond donors (Lipinski definition) is 2. The highest BCUT2D eigenvalue weighted by atomic mass is 16.3. The molecular weight excluding hydrogens is 202 g/mol. The summed E-state index contributed by atoms with van der Waals surface area (Å²) in [5, 5.41) is 16.6. The molecule has 1 atom stereocenters. The zero-order valence-electron chi connectivity index (χ0n) is 10.5. The van der Waals surface area contributed by atoms with Gasteiger partial charge in [-0.3, -0.25) is 0 Å². The molecule has 0 bridgehead atoms. The summed E-state index contributed by atoms with van der Waals surface area (Å²) in [6, 6.07) is 2.02. The highest BCUT2D eigenvalue weighted by Gasteiger charge is 2.06. The molecule has 92 valence electrons. The summed E-state index contributed by atoms with van der Waals surface area (Å²) in [6.45, 7) is 8.06. The second-order valence-electron chi connectivity index (χ2n) is 4.39. The normalized spacial score (nSPS) is 12.8. The molecular formula is C12H23N3O. The molecule has 0 fully saturated rings. The third-order valence-electron chi connectivity index (χ3n) is 2.63. The Morgan fingerprint density at radius 2 is 2.31 bits per heavy atom. The van der Waals surface area contributed by atoms with E-state index in [2.05, 4.69) is 24.3 Å². The smallest absolute Gasteiger partial charge is 0.124 e. The predicted molar refractivity (Wildman–Crippen MR) is 66.6 cm³/mol. The Hall–Kier alpha value is -1.03. The summed E-state index contributed by atoms with van der Waals surface area (Å²) in [5.41, 5.74) is 0.985. The van der Waals surface area contributed by atoms with Gasteiger partial charge in [0.1, 0.15) is 5.82 Å². The number of rotatable bonds is 7. The summed E-state index contributed by atoms with van der Waals surface area (Å²) >= 11 is 0. The van der Waals surface area contributed by atoms with E-state index in [0.29, 0.717) is 12.5 Å². The molecule has 1 aromatic heterocycles. The number of anilines is 1. The van der Waals surface area contributed by atoms with Crippen LogP contribution in [0.25, 0.3) is 0 Å². The number of nitrogens with zero attached hydrogens (tertiary/aromatic N) is 2. The molecule has 4 heteroatoms. The van der Waals surface area contributed by atoms with Crippen LogP contribution in [0, 0.1) is 12.8 Å². The van der Waals surface area contributed by atoms with Crippen LogP contribution < -0.4 is 5.32 Å². The van der Waals surface area contributed by atoms with Gasteiger partial charge in [-0.2, -0.15) is 5.10 Å². The van der Waals surface area contributed by atoms with Gasteiger partial charge in [0.15, 0.2) is 0 Å². The molecule has 0 saturated heterocycles. The van der Waals surface area contributed by atoms with Crippen LogP contribution >= 0.6 is 0 Å². The number of aromatic nitrogens is 2. The van der Waals surface area contributed by atoms with Crippen molar-refractivity contribution >= 4 is 5.82 Å². The standard InChI is InChI=1S/C12H23N3O/c1-4-5-10(2)9-13-12-8-11(3)14-15(12)6-7-16/h8,10,13,16H,4-7,9H2,1-3H3. The fraction of sp³-hybridized carbons (Fsp3) is 0.750. The van der Waals surface area contributed by atoms with Gasteiger partial charge in [-0.1, -0.05) is 20.3 Å². The lowest BCUT2D eigenvalue weighted by Crippen LogP contribution is -2.15. The van der Waals surface area contributed by atoms with Crippen molar-refractivity contribution < 1.29 is 5.11 Å². The summed E-state index contributed by atoms with van der Waals surface area (Å²) in [4.78, 5) is 0. The van der Waals surface area contributed by atoms with Gasteiger partial charge in [-0.05, 0) is 19.3 Å². The van der Waals surface area contributed by atoms with E-state index in [-0.39, 0.29) is 6.61 Å². The first-order chi connectivity index (χ1) is 7.67. The molecule has 1 heterocycles. The van der Waals surface area contributed by atoms with Crippen molar-refractivity contribution in [3.63, 3.8) is 0 Å². The van der Waals surface area contributed by atoms with E-state index in [1.807, 2.05) is 17.7 Å². The summed E-state index contributed by atoms with van der Waals surface area (Å²) in [7, 11) is 0. The lowest BCUT2D eigenvalue weighted by atomic mass is 10.1. The van der Waals surface area contributed by atoms with Gasteiger partial charge in [-0.15, -0.1) is 0 Å². The Morgan fingerprint density at radius 1 is 1.56 bits per heavy atom. The van der Waals surface area contributed by atoms with Crippen molar-refractivity contribution in [2.75, 3.05) is 18.5 Å². The molecule has 0 aromatic carbocycles. The second kappa shape index (κ2) is 6.53. The molecule has 0 aliphatic rings. The van der Waals surface area contributed by atoms with Gasteiger partial charge in [-0.25, -0.2) is 4.68 Å². The zero-order valence-corrected chi connectivity index (χ0v) is 10.5. The van der Waals surface area contributed by atoms with Gasteiger partial charge in [0.05, 0.1) is 18.8 Å². The summed E-state index contributed by atoms with van der Waals surface area (Å²) in [5.74, 6) is 1.68. The van der Waals surface area contributed by atoms with Crippen molar-refractivity contribution in [1.82, 2.24) is 9.78 Å². The Kier molecular flexibility index (Phi) is 5.32. The maximum Gasteiger partial charge on any atom is 0.124 e. The highest BCUT2D eigenvalue weighted by molar-refractivity contribution is 5.36. The SMILES string of the molecule is CCCC(C)CNc1cc(C)nn1CCO. The summed E-state index contributed by atoms with van der Waals surface area (Å²) < 4.78 is 1.83. The molecule has 1 unspecified atom stereocenters. The highest BCUT2D eigenvalue weighted by Crippen LogP contribution is 2.12. The molecule has 2 N–H and O–H groups in total. The third kappa shape index (κ3) is 3.85. The first-order valence-electron chi connectivity index (χ1n) is 6.06. The van der Waals surface area contributed by atoms with Gasteiger partial charge in [0.2, 0.25) is 0 Å². The van der Waals surface area contributed by atoms with Crippen LogP contribution in [-0.4, -0.2) is 28.0 Å². The maximum absolute atomic E-state index is 8.93. The number of aryl methyl sites for hydroxylation is 1. The quantitative estimate of drug-likeness (QED) is 0.746. The van der Waals surface area contributed by atoms with Crippen LogP contribution in [0.1, 0.15) is 32.4 Å². The van der Waals surface area contributed by atoms with E-state index in [4.69, 9.17) is 5.11 Å². The molecule has 4 nitrogen and oxygen atoms in total. The van der Waals surface area contributed by atoms with E-state index in [1.165, 1.54) is 12.8 Å². The van der Waals surface area contributed by atoms with E-state index in [1.54, 1.807) is 0 Å². The monoisotopic (exact) mass is 225 g/mol. The van der Waals surface area contributed by atoms with Gasteiger partial charge in [0, 0.05) is 12.6 Å². The van der Waals surface area contributed by atoms with Crippen LogP contribution in [-0.2, 0) is 6.54 Å².